The fourth-order valence-electron chi connectivity index (χ4n) is 3.02. The molecule has 3 amide bonds. The molecule has 0 aromatic heterocycles. The third kappa shape index (κ3) is 3.38. The maximum Gasteiger partial charge on any atom is 0.414 e. The number of nitrogens with one attached hydrogen (secondary N) is 1. The molecule has 0 radical (unpaired) electrons. The molecule has 2 aliphatic heterocycles. The van der Waals surface area contributed by atoms with Crippen LogP contribution in [0.2, 0.25) is 0 Å². The van der Waals surface area contributed by atoms with Crippen molar-refractivity contribution in [2.45, 2.75) is 19.9 Å². The standard InChI is InChI=1S/C19H22N6O2/c1-12(2)11-25-15-16(23(4)19(27)24(5)17(15)26)20-18(25)22-21-13(3)14-9-7-6-8-10-14/h6-10,15H,1,11H2,2-5H3/p+1/b21-13+. The van der Waals surface area contributed by atoms with Gasteiger partial charge in [0.25, 0.3) is 5.91 Å². The summed E-state index contributed by atoms with van der Waals surface area (Å²) in [6.45, 7) is 8.11. The van der Waals surface area contributed by atoms with Gasteiger partial charge in [-0.25, -0.2) is 9.37 Å². The van der Waals surface area contributed by atoms with E-state index < -0.39 is 12.1 Å². The molecule has 8 heteroatoms. The SMILES string of the molecule is C=C(C)C[N+]1=C(N/N=C(\C)c2ccccc2)N=C2C1C(=O)N(C)C(=O)N2C. The number of guanidine groups is 1. The van der Waals surface area contributed by atoms with Crippen molar-refractivity contribution in [2.75, 3.05) is 20.6 Å². The first-order chi connectivity index (χ1) is 12.8. The Hall–Kier alpha value is -3.29. The van der Waals surface area contributed by atoms with Crippen LogP contribution < -0.4 is 5.43 Å². The molecule has 2 heterocycles. The fourth-order valence-corrected chi connectivity index (χ4v) is 3.02. The van der Waals surface area contributed by atoms with Gasteiger partial charge in [-0.3, -0.25) is 14.6 Å². The molecule has 0 aliphatic carbocycles. The van der Waals surface area contributed by atoms with Crippen LogP contribution in [0.1, 0.15) is 19.4 Å². The summed E-state index contributed by atoms with van der Waals surface area (Å²) in [5, 5.41) is 4.40. The van der Waals surface area contributed by atoms with Gasteiger partial charge < -0.3 is 0 Å². The predicted molar refractivity (Wildman–Crippen MR) is 104 cm³/mol. The molecule has 1 saturated heterocycles. The molecular formula is C19H23N6O2+. The molecular weight excluding hydrogens is 344 g/mol. The largest absolute Gasteiger partial charge is 0.414 e. The lowest BCUT2D eigenvalue weighted by molar-refractivity contribution is -0.529. The van der Waals surface area contributed by atoms with Crippen LogP contribution in [-0.2, 0) is 4.79 Å². The predicted octanol–water partition coefficient (Wildman–Crippen LogP) is 1.25. The van der Waals surface area contributed by atoms with Gasteiger partial charge in [-0.15, -0.1) is 5.10 Å². The van der Waals surface area contributed by atoms with Crippen LogP contribution in [-0.4, -0.2) is 70.5 Å². The van der Waals surface area contributed by atoms with E-state index in [1.165, 1.54) is 11.9 Å². The number of imide groups is 1. The van der Waals surface area contributed by atoms with Crippen LogP contribution in [0, 0.1) is 0 Å². The summed E-state index contributed by atoms with van der Waals surface area (Å²) in [5.41, 5.74) is 5.58. The first kappa shape index (κ1) is 18.5. The number of carbonyl (C=O) groups is 2. The lowest BCUT2D eigenvalue weighted by atomic mass is 10.1. The second kappa shape index (κ2) is 7.14. The third-order valence-electron chi connectivity index (χ3n) is 4.49. The molecule has 8 nitrogen and oxygen atoms in total. The van der Waals surface area contributed by atoms with Gasteiger partial charge >= 0.3 is 12.0 Å². The number of hydrogen-bond donors (Lipinski definition) is 1. The molecule has 1 unspecified atom stereocenters. The summed E-state index contributed by atoms with van der Waals surface area (Å²) >= 11 is 0. The van der Waals surface area contributed by atoms with Gasteiger partial charge in [-0.2, -0.15) is 5.43 Å². The number of aliphatic imine (C=N–C) groups is 1. The molecule has 0 bridgehead atoms. The average molecular weight is 367 g/mol. The number of likely N-dealkylation sites (N-methyl/N-ethyl adjacent to an activating group) is 2. The van der Waals surface area contributed by atoms with Crippen molar-refractivity contribution >= 4 is 29.4 Å². The van der Waals surface area contributed by atoms with Gasteiger partial charge in [0.05, 0.1) is 12.3 Å². The summed E-state index contributed by atoms with van der Waals surface area (Å²) in [6.07, 6.45) is 0. The number of nitrogens with zero attached hydrogens (tertiary/aromatic N) is 5. The van der Waals surface area contributed by atoms with Crippen LogP contribution in [0.4, 0.5) is 4.79 Å². The minimum Gasteiger partial charge on any atom is -0.270 e. The molecule has 2 aliphatic rings. The van der Waals surface area contributed by atoms with E-state index in [-0.39, 0.29) is 5.91 Å². The average Bonchev–Trinajstić information content (AvgIpc) is 3.01. The third-order valence-corrected chi connectivity index (χ3v) is 4.49. The molecule has 0 saturated carbocycles. The number of hydrogen-bond acceptors (Lipinski definition) is 5. The van der Waals surface area contributed by atoms with Gasteiger partial charge in [0.15, 0.2) is 0 Å². The van der Waals surface area contributed by atoms with Crippen molar-refractivity contribution in [3.05, 3.63) is 48.0 Å². The maximum atomic E-state index is 12.7. The minimum atomic E-state index is -0.677. The Morgan fingerprint density at radius 2 is 1.89 bits per heavy atom. The zero-order valence-corrected chi connectivity index (χ0v) is 15.9. The molecule has 1 aromatic carbocycles. The zero-order chi connectivity index (χ0) is 19.7. The van der Waals surface area contributed by atoms with E-state index in [4.69, 9.17) is 0 Å². The highest BCUT2D eigenvalue weighted by Gasteiger charge is 2.51. The molecule has 27 heavy (non-hydrogen) atoms. The van der Waals surface area contributed by atoms with E-state index in [0.29, 0.717) is 18.3 Å². The Morgan fingerprint density at radius 3 is 2.52 bits per heavy atom. The van der Waals surface area contributed by atoms with E-state index in [9.17, 15) is 9.59 Å². The molecule has 1 aromatic rings. The highest BCUT2D eigenvalue weighted by atomic mass is 16.2. The molecule has 140 valence electrons. The van der Waals surface area contributed by atoms with Gasteiger partial charge in [-0.05, 0) is 25.0 Å². The molecule has 1 atom stereocenters. The fraction of sp³-hybridized carbons (Fsp3) is 0.316. The summed E-state index contributed by atoms with van der Waals surface area (Å²) < 4.78 is 1.78. The summed E-state index contributed by atoms with van der Waals surface area (Å²) in [4.78, 5) is 31.9. The quantitative estimate of drug-likeness (QED) is 0.376. The maximum absolute atomic E-state index is 12.7. The number of hydrazone groups is 1. The number of fused-ring (bicyclic) bond motifs is 1. The molecule has 0 spiro atoms. The van der Waals surface area contributed by atoms with Crippen LogP contribution >= 0.6 is 0 Å². The van der Waals surface area contributed by atoms with Crippen molar-refractivity contribution in [3.8, 4) is 0 Å². The Morgan fingerprint density at radius 1 is 1.22 bits per heavy atom. The van der Waals surface area contributed by atoms with E-state index in [1.807, 2.05) is 44.2 Å². The number of amidine groups is 1. The van der Waals surface area contributed by atoms with Crippen molar-refractivity contribution < 1.29 is 14.2 Å². The number of carbonyl (C=O) groups excluding carboxylic acids is 2. The number of rotatable bonds is 4. The van der Waals surface area contributed by atoms with Gasteiger partial charge in [0, 0.05) is 14.1 Å². The lowest BCUT2D eigenvalue weighted by Crippen LogP contribution is -2.61. The van der Waals surface area contributed by atoms with Crippen molar-refractivity contribution in [1.82, 2.24) is 15.2 Å². The Labute approximate surface area is 158 Å². The van der Waals surface area contributed by atoms with Gasteiger partial charge in [0.2, 0.25) is 11.9 Å². The van der Waals surface area contributed by atoms with Crippen LogP contribution in [0.25, 0.3) is 0 Å². The van der Waals surface area contributed by atoms with Crippen LogP contribution in [0.5, 0.6) is 0 Å². The first-order valence-electron chi connectivity index (χ1n) is 8.58. The number of urea groups is 1. The van der Waals surface area contributed by atoms with Gasteiger partial charge in [0.1, 0.15) is 0 Å². The highest BCUT2D eigenvalue weighted by Crippen LogP contribution is 2.19. The van der Waals surface area contributed by atoms with Crippen molar-refractivity contribution in [3.63, 3.8) is 0 Å². The smallest absolute Gasteiger partial charge is 0.270 e. The molecule has 1 fully saturated rings. The number of amides is 3. The second-order valence-electron chi connectivity index (χ2n) is 6.70. The van der Waals surface area contributed by atoms with Gasteiger partial charge in [-0.1, -0.05) is 41.9 Å². The zero-order valence-electron chi connectivity index (χ0n) is 15.9. The summed E-state index contributed by atoms with van der Waals surface area (Å²) in [5.74, 6) is 0.481. The van der Waals surface area contributed by atoms with Crippen LogP contribution in [0.15, 0.2) is 52.6 Å². The van der Waals surface area contributed by atoms with E-state index in [0.717, 1.165) is 21.7 Å². The minimum absolute atomic E-state index is 0.321. The Bertz CT molecular complexity index is 900. The highest BCUT2D eigenvalue weighted by molar-refractivity contribution is 6.22. The normalized spacial score (nSPS) is 20.1. The monoisotopic (exact) mass is 367 g/mol. The molecule has 3 rings (SSSR count). The first-order valence-corrected chi connectivity index (χ1v) is 8.58. The Balaban J connectivity index is 1.97. The van der Waals surface area contributed by atoms with E-state index in [2.05, 4.69) is 22.1 Å². The second-order valence-corrected chi connectivity index (χ2v) is 6.70. The van der Waals surface area contributed by atoms with Crippen molar-refractivity contribution in [2.24, 2.45) is 10.1 Å². The Kier molecular flexibility index (Phi) is 4.89. The van der Waals surface area contributed by atoms with E-state index >= 15 is 0 Å². The van der Waals surface area contributed by atoms with Crippen molar-refractivity contribution in [1.29, 1.82) is 0 Å². The molecule has 1 N–H and O–H groups in total. The topological polar surface area (TPSA) is 80.4 Å². The lowest BCUT2D eigenvalue weighted by Gasteiger charge is -2.31. The summed E-state index contributed by atoms with van der Waals surface area (Å²) in [6, 6.07) is 8.66. The van der Waals surface area contributed by atoms with Crippen LogP contribution in [0.3, 0.4) is 0 Å². The number of benzene rings is 1. The van der Waals surface area contributed by atoms with E-state index in [1.54, 1.807) is 11.6 Å². The summed E-state index contributed by atoms with van der Waals surface area (Å²) in [7, 11) is 3.08.